The number of carbonyl (C=O) groups is 1. The topological polar surface area (TPSA) is 74.5 Å². The predicted molar refractivity (Wildman–Crippen MR) is 113 cm³/mol. The lowest BCUT2D eigenvalue weighted by Gasteiger charge is -2.34. The molecule has 0 saturated carbocycles. The smallest absolute Gasteiger partial charge is 0.227 e. The van der Waals surface area contributed by atoms with Crippen molar-refractivity contribution in [1.82, 2.24) is 15.0 Å². The van der Waals surface area contributed by atoms with Crippen LogP contribution < -0.4 is 10.2 Å². The molecule has 1 aliphatic heterocycles. The van der Waals surface area contributed by atoms with Gasteiger partial charge in [-0.1, -0.05) is 5.16 Å². The van der Waals surface area contributed by atoms with Gasteiger partial charge in [-0.15, -0.1) is 0 Å². The summed E-state index contributed by atoms with van der Waals surface area (Å²) in [4.78, 5) is 21.2. The number of piperazine rings is 1. The second-order valence-corrected chi connectivity index (χ2v) is 7.40. The van der Waals surface area contributed by atoms with Gasteiger partial charge in [0.15, 0.2) is 0 Å². The second kappa shape index (κ2) is 9.04. The molecule has 1 aromatic heterocycles. The van der Waals surface area contributed by atoms with E-state index in [9.17, 15) is 9.18 Å². The van der Waals surface area contributed by atoms with Crippen LogP contribution in [0.15, 0.2) is 53.1 Å². The molecule has 2 aromatic carbocycles. The zero-order valence-electron chi connectivity index (χ0n) is 16.8. The van der Waals surface area contributed by atoms with Crippen molar-refractivity contribution in [2.45, 2.75) is 12.8 Å². The molecule has 0 atom stereocenters. The Balaban J connectivity index is 1.27. The van der Waals surface area contributed by atoms with Crippen LogP contribution in [-0.2, 0) is 11.2 Å². The van der Waals surface area contributed by atoms with Crippen molar-refractivity contribution in [1.29, 1.82) is 0 Å². The lowest BCUT2D eigenvalue weighted by molar-refractivity contribution is -0.116. The molecule has 4 rings (SSSR count). The van der Waals surface area contributed by atoms with Crippen LogP contribution in [0.2, 0.25) is 0 Å². The Hall–Kier alpha value is -3.26. The van der Waals surface area contributed by atoms with Crippen molar-refractivity contribution >= 4 is 17.3 Å². The Bertz CT molecular complexity index is 980. The van der Waals surface area contributed by atoms with Gasteiger partial charge in [-0.25, -0.2) is 4.39 Å². The molecule has 1 aliphatic rings. The van der Waals surface area contributed by atoms with Gasteiger partial charge in [-0.3, -0.25) is 4.79 Å². The van der Waals surface area contributed by atoms with E-state index in [4.69, 9.17) is 4.52 Å². The van der Waals surface area contributed by atoms with Gasteiger partial charge in [0.25, 0.3) is 0 Å². The van der Waals surface area contributed by atoms with Gasteiger partial charge in [0.05, 0.1) is 0 Å². The number of anilines is 2. The van der Waals surface area contributed by atoms with Crippen LogP contribution in [-0.4, -0.2) is 54.2 Å². The van der Waals surface area contributed by atoms with Gasteiger partial charge in [-0.2, -0.15) is 4.98 Å². The van der Waals surface area contributed by atoms with Crippen molar-refractivity contribution in [3.05, 3.63) is 60.2 Å². The molecule has 8 heteroatoms. The molecule has 0 bridgehead atoms. The van der Waals surface area contributed by atoms with Crippen LogP contribution in [0.1, 0.15) is 12.3 Å². The predicted octanol–water partition coefficient (Wildman–Crippen LogP) is 3.20. The summed E-state index contributed by atoms with van der Waals surface area (Å²) in [6.07, 6.45) is 0.560. The summed E-state index contributed by atoms with van der Waals surface area (Å²) in [6, 6.07) is 13.8. The minimum Gasteiger partial charge on any atom is -0.369 e. The molecule has 0 spiro atoms. The fourth-order valence-electron chi connectivity index (χ4n) is 3.34. The van der Waals surface area contributed by atoms with Crippen molar-refractivity contribution in [3.63, 3.8) is 0 Å². The highest BCUT2D eigenvalue weighted by Crippen LogP contribution is 2.20. The van der Waals surface area contributed by atoms with Crippen molar-refractivity contribution < 1.29 is 13.7 Å². The maximum absolute atomic E-state index is 13.0. The van der Waals surface area contributed by atoms with Gasteiger partial charge in [0.1, 0.15) is 5.82 Å². The van der Waals surface area contributed by atoms with Crippen LogP contribution in [0.4, 0.5) is 15.8 Å². The fraction of sp³-hybridized carbons (Fsp3) is 0.318. The SMILES string of the molecule is CN1CCN(c2ccc(NC(=O)CCc3nc(-c4ccc(F)cc4)no3)cc2)CC1. The Kier molecular flexibility index (Phi) is 6.04. The Labute approximate surface area is 174 Å². The molecule has 156 valence electrons. The highest BCUT2D eigenvalue weighted by atomic mass is 19.1. The summed E-state index contributed by atoms with van der Waals surface area (Å²) < 4.78 is 18.2. The highest BCUT2D eigenvalue weighted by Gasteiger charge is 2.15. The normalized spacial score (nSPS) is 14.7. The van der Waals surface area contributed by atoms with Gasteiger partial charge >= 0.3 is 0 Å². The van der Waals surface area contributed by atoms with Gasteiger partial charge in [-0.05, 0) is 55.6 Å². The Morgan fingerprint density at radius 1 is 1.07 bits per heavy atom. The molecular formula is C22H24FN5O2. The molecule has 0 aliphatic carbocycles. The lowest BCUT2D eigenvalue weighted by atomic mass is 10.2. The average Bonchev–Trinajstić information content (AvgIpc) is 3.23. The summed E-state index contributed by atoms with van der Waals surface area (Å²) in [6.45, 7) is 4.12. The minimum absolute atomic E-state index is 0.121. The van der Waals surface area contributed by atoms with E-state index >= 15 is 0 Å². The van der Waals surface area contributed by atoms with E-state index in [1.165, 1.54) is 17.8 Å². The number of likely N-dealkylation sites (N-methyl/N-ethyl adjacent to an activating group) is 1. The van der Waals surface area contributed by atoms with E-state index in [1.54, 1.807) is 12.1 Å². The summed E-state index contributed by atoms with van der Waals surface area (Å²) in [7, 11) is 2.13. The number of benzene rings is 2. The lowest BCUT2D eigenvalue weighted by Crippen LogP contribution is -2.44. The molecule has 2 heterocycles. The number of halogens is 1. The Morgan fingerprint density at radius 2 is 1.77 bits per heavy atom. The van der Waals surface area contributed by atoms with Gasteiger partial charge in [0, 0.05) is 56.0 Å². The maximum Gasteiger partial charge on any atom is 0.227 e. The van der Waals surface area contributed by atoms with E-state index < -0.39 is 0 Å². The number of nitrogens with zero attached hydrogens (tertiary/aromatic N) is 4. The first-order valence-electron chi connectivity index (χ1n) is 9.99. The van der Waals surface area contributed by atoms with Crippen molar-refractivity contribution in [2.75, 3.05) is 43.4 Å². The van der Waals surface area contributed by atoms with Crippen LogP contribution in [0.5, 0.6) is 0 Å². The van der Waals surface area contributed by atoms with E-state index in [-0.39, 0.29) is 18.1 Å². The summed E-state index contributed by atoms with van der Waals surface area (Å²) in [5.74, 6) is 0.305. The molecule has 7 nitrogen and oxygen atoms in total. The maximum atomic E-state index is 13.0. The molecule has 1 N–H and O–H groups in total. The summed E-state index contributed by atoms with van der Waals surface area (Å²) in [5, 5.41) is 6.79. The molecule has 1 amide bonds. The number of aromatic nitrogens is 2. The molecule has 0 radical (unpaired) electrons. The van der Waals surface area contributed by atoms with E-state index in [0.29, 0.717) is 23.7 Å². The summed E-state index contributed by atoms with van der Waals surface area (Å²) in [5.41, 5.74) is 2.59. The van der Waals surface area contributed by atoms with E-state index in [1.807, 2.05) is 24.3 Å². The first-order chi connectivity index (χ1) is 14.6. The van der Waals surface area contributed by atoms with Crippen LogP contribution in [0.25, 0.3) is 11.4 Å². The number of hydrogen-bond donors (Lipinski definition) is 1. The van der Waals surface area contributed by atoms with Crippen molar-refractivity contribution in [3.8, 4) is 11.4 Å². The Morgan fingerprint density at radius 3 is 2.47 bits per heavy atom. The number of aryl methyl sites for hydroxylation is 1. The zero-order valence-corrected chi connectivity index (χ0v) is 16.8. The minimum atomic E-state index is -0.323. The van der Waals surface area contributed by atoms with Crippen LogP contribution in [0, 0.1) is 5.82 Å². The van der Waals surface area contributed by atoms with Gasteiger partial charge in [0.2, 0.25) is 17.6 Å². The number of hydrogen-bond acceptors (Lipinski definition) is 6. The van der Waals surface area contributed by atoms with Crippen LogP contribution >= 0.6 is 0 Å². The van der Waals surface area contributed by atoms with E-state index in [2.05, 4.69) is 32.3 Å². The largest absolute Gasteiger partial charge is 0.369 e. The number of nitrogens with one attached hydrogen (secondary N) is 1. The third-order valence-corrected chi connectivity index (χ3v) is 5.16. The molecule has 30 heavy (non-hydrogen) atoms. The molecule has 1 saturated heterocycles. The number of amides is 1. The molecule has 3 aromatic rings. The first-order valence-corrected chi connectivity index (χ1v) is 9.99. The standard InChI is InChI=1S/C22H24FN5O2/c1-27-12-14-28(15-13-27)19-8-6-18(7-9-19)24-20(29)10-11-21-25-22(26-30-21)16-2-4-17(23)5-3-16/h2-9H,10-15H2,1H3,(H,24,29). The quantitative estimate of drug-likeness (QED) is 0.674. The van der Waals surface area contributed by atoms with E-state index in [0.717, 1.165) is 31.9 Å². The average molecular weight is 409 g/mol. The van der Waals surface area contributed by atoms with Crippen molar-refractivity contribution in [2.24, 2.45) is 0 Å². The third-order valence-electron chi connectivity index (χ3n) is 5.16. The highest BCUT2D eigenvalue weighted by molar-refractivity contribution is 5.91. The monoisotopic (exact) mass is 409 g/mol. The second-order valence-electron chi connectivity index (χ2n) is 7.40. The number of carbonyl (C=O) groups excluding carboxylic acids is 1. The summed E-state index contributed by atoms with van der Waals surface area (Å²) >= 11 is 0. The molecule has 0 unspecified atom stereocenters. The first kappa shape index (κ1) is 20.0. The molecular weight excluding hydrogens is 385 g/mol. The van der Waals surface area contributed by atoms with Gasteiger partial charge < -0.3 is 19.6 Å². The molecule has 1 fully saturated rings. The fourth-order valence-corrected chi connectivity index (χ4v) is 3.34. The van der Waals surface area contributed by atoms with Crippen LogP contribution in [0.3, 0.4) is 0 Å². The zero-order chi connectivity index (χ0) is 20.9. The third kappa shape index (κ3) is 5.01. The number of rotatable bonds is 6.